The second-order valence-corrected chi connectivity index (χ2v) is 7.38. The third kappa shape index (κ3) is 3.74. The van der Waals surface area contributed by atoms with Gasteiger partial charge >= 0.3 is 0 Å². The molecule has 0 bridgehead atoms. The van der Waals surface area contributed by atoms with Crippen molar-refractivity contribution in [3.8, 4) is 0 Å². The van der Waals surface area contributed by atoms with Crippen LogP contribution in [0.4, 0.5) is 0 Å². The Morgan fingerprint density at radius 2 is 1.84 bits per heavy atom. The van der Waals surface area contributed by atoms with E-state index in [1.54, 1.807) is 0 Å². The average Bonchev–Trinajstić information content (AvgIpc) is 2.33. The van der Waals surface area contributed by atoms with E-state index in [-0.39, 0.29) is 0 Å². The van der Waals surface area contributed by atoms with Crippen molar-refractivity contribution < 1.29 is 0 Å². The summed E-state index contributed by atoms with van der Waals surface area (Å²) in [6.07, 6.45) is 4.00. The summed E-state index contributed by atoms with van der Waals surface area (Å²) in [4.78, 5) is 0. The van der Waals surface area contributed by atoms with Crippen LogP contribution in [0.25, 0.3) is 0 Å². The first-order chi connectivity index (χ1) is 9.01. The van der Waals surface area contributed by atoms with Crippen LogP contribution in [0.1, 0.15) is 44.7 Å². The molecule has 0 heterocycles. The molecule has 1 aliphatic carbocycles. The molecule has 1 aromatic rings. The van der Waals surface area contributed by atoms with Crippen molar-refractivity contribution in [3.63, 3.8) is 0 Å². The lowest BCUT2D eigenvalue weighted by atomic mass is 9.72. The Balaban J connectivity index is 2.21. The van der Waals surface area contributed by atoms with Crippen molar-refractivity contribution in [1.82, 2.24) is 5.32 Å². The molecule has 3 heteroatoms. The van der Waals surface area contributed by atoms with Gasteiger partial charge in [-0.05, 0) is 77.7 Å². The van der Waals surface area contributed by atoms with Gasteiger partial charge in [-0.25, -0.2) is 0 Å². The van der Waals surface area contributed by atoms with E-state index < -0.39 is 0 Å². The van der Waals surface area contributed by atoms with Gasteiger partial charge in [0.25, 0.3) is 0 Å². The highest BCUT2D eigenvalue weighted by Crippen LogP contribution is 2.40. The SMILES string of the molecule is CNC(c1ccc(Cl)c(Br)c1)C1CC(C)CC(C)C1. The van der Waals surface area contributed by atoms with Crippen LogP contribution in [0.3, 0.4) is 0 Å². The van der Waals surface area contributed by atoms with Crippen LogP contribution in [0, 0.1) is 17.8 Å². The number of halogens is 2. The maximum atomic E-state index is 6.09. The molecule has 3 unspecified atom stereocenters. The minimum absolute atomic E-state index is 0.429. The average molecular weight is 345 g/mol. The standard InChI is InChI=1S/C16H23BrClN/c1-10-6-11(2)8-13(7-10)16(19-3)12-4-5-15(18)14(17)9-12/h4-5,9-11,13,16,19H,6-8H2,1-3H3. The lowest BCUT2D eigenvalue weighted by Gasteiger charge is -2.36. The summed E-state index contributed by atoms with van der Waals surface area (Å²) in [6.45, 7) is 4.76. The Labute approximate surface area is 130 Å². The van der Waals surface area contributed by atoms with E-state index in [0.29, 0.717) is 6.04 Å². The van der Waals surface area contributed by atoms with Crippen LogP contribution in [0.5, 0.6) is 0 Å². The Bertz CT molecular complexity index is 425. The molecule has 19 heavy (non-hydrogen) atoms. The van der Waals surface area contributed by atoms with Gasteiger partial charge in [0.2, 0.25) is 0 Å². The molecule has 1 aromatic carbocycles. The molecule has 1 saturated carbocycles. The van der Waals surface area contributed by atoms with E-state index in [2.05, 4.69) is 54.3 Å². The highest BCUT2D eigenvalue weighted by molar-refractivity contribution is 9.10. The minimum Gasteiger partial charge on any atom is -0.313 e. The molecule has 0 amide bonds. The van der Waals surface area contributed by atoms with E-state index in [4.69, 9.17) is 11.6 Å². The Hall–Kier alpha value is -0.0500. The first-order valence-corrected chi connectivity index (χ1v) is 8.30. The Kier molecular flexibility index (Phi) is 5.33. The van der Waals surface area contributed by atoms with Crippen LogP contribution in [0.15, 0.2) is 22.7 Å². The van der Waals surface area contributed by atoms with Gasteiger partial charge in [-0.15, -0.1) is 0 Å². The van der Waals surface area contributed by atoms with Crippen molar-refractivity contribution in [2.45, 2.75) is 39.2 Å². The molecule has 3 atom stereocenters. The molecule has 0 spiro atoms. The second kappa shape index (κ2) is 6.60. The quantitative estimate of drug-likeness (QED) is 0.770. The second-order valence-electron chi connectivity index (χ2n) is 6.12. The van der Waals surface area contributed by atoms with Crippen molar-refractivity contribution in [3.05, 3.63) is 33.3 Å². The molecule has 0 aromatic heterocycles. The summed E-state index contributed by atoms with van der Waals surface area (Å²) in [5.41, 5.74) is 1.34. The van der Waals surface area contributed by atoms with Gasteiger partial charge in [0.15, 0.2) is 0 Å². The number of rotatable bonds is 3. The largest absolute Gasteiger partial charge is 0.313 e. The highest BCUT2D eigenvalue weighted by atomic mass is 79.9. The van der Waals surface area contributed by atoms with Gasteiger partial charge in [-0.1, -0.05) is 31.5 Å². The first kappa shape index (κ1) is 15.3. The molecule has 106 valence electrons. The fourth-order valence-electron chi connectivity index (χ4n) is 3.66. The molecule has 0 aliphatic heterocycles. The van der Waals surface area contributed by atoms with Crippen LogP contribution in [-0.2, 0) is 0 Å². The maximum Gasteiger partial charge on any atom is 0.0548 e. The van der Waals surface area contributed by atoms with Crippen LogP contribution < -0.4 is 5.32 Å². The van der Waals surface area contributed by atoms with Crippen molar-refractivity contribution in [2.75, 3.05) is 7.05 Å². The van der Waals surface area contributed by atoms with Gasteiger partial charge in [0.1, 0.15) is 0 Å². The summed E-state index contributed by atoms with van der Waals surface area (Å²) in [5, 5.41) is 4.29. The molecule has 1 N–H and O–H groups in total. The minimum atomic E-state index is 0.429. The van der Waals surface area contributed by atoms with Gasteiger partial charge in [-0.3, -0.25) is 0 Å². The zero-order valence-electron chi connectivity index (χ0n) is 11.9. The lowest BCUT2D eigenvalue weighted by molar-refractivity contribution is 0.180. The zero-order valence-corrected chi connectivity index (χ0v) is 14.3. The van der Waals surface area contributed by atoms with Crippen LogP contribution in [-0.4, -0.2) is 7.05 Å². The first-order valence-electron chi connectivity index (χ1n) is 7.13. The zero-order chi connectivity index (χ0) is 14.0. The highest BCUT2D eigenvalue weighted by Gasteiger charge is 2.30. The molecular formula is C16H23BrClN. The van der Waals surface area contributed by atoms with Crippen molar-refractivity contribution >= 4 is 27.5 Å². The number of hydrogen-bond donors (Lipinski definition) is 1. The lowest BCUT2D eigenvalue weighted by Crippen LogP contribution is -2.31. The molecule has 0 saturated heterocycles. The van der Waals surface area contributed by atoms with Gasteiger partial charge in [0.05, 0.1) is 5.02 Å². The predicted octanol–water partition coefficient (Wildman–Crippen LogP) is 5.44. The summed E-state index contributed by atoms with van der Waals surface area (Å²) in [6, 6.07) is 6.73. The number of hydrogen-bond acceptors (Lipinski definition) is 1. The molecule has 1 nitrogen and oxygen atoms in total. The number of nitrogens with one attached hydrogen (secondary N) is 1. The van der Waals surface area contributed by atoms with Gasteiger partial charge in [-0.2, -0.15) is 0 Å². The van der Waals surface area contributed by atoms with Gasteiger partial charge in [0, 0.05) is 10.5 Å². The summed E-state index contributed by atoms with van der Waals surface area (Å²) >= 11 is 9.62. The van der Waals surface area contributed by atoms with E-state index in [1.165, 1.54) is 24.8 Å². The van der Waals surface area contributed by atoms with E-state index in [0.717, 1.165) is 27.2 Å². The molecule has 2 rings (SSSR count). The normalized spacial score (nSPS) is 29.2. The predicted molar refractivity (Wildman–Crippen MR) is 86.6 cm³/mol. The third-order valence-electron chi connectivity index (χ3n) is 4.30. The Morgan fingerprint density at radius 3 is 2.37 bits per heavy atom. The smallest absolute Gasteiger partial charge is 0.0548 e. The fraction of sp³-hybridized carbons (Fsp3) is 0.625. The molecule has 0 radical (unpaired) electrons. The monoisotopic (exact) mass is 343 g/mol. The fourth-order valence-corrected chi connectivity index (χ4v) is 4.18. The summed E-state index contributed by atoms with van der Waals surface area (Å²) < 4.78 is 0.990. The molecular weight excluding hydrogens is 322 g/mol. The van der Waals surface area contributed by atoms with Crippen molar-refractivity contribution in [1.29, 1.82) is 0 Å². The Morgan fingerprint density at radius 1 is 1.21 bits per heavy atom. The van der Waals surface area contributed by atoms with Crippen molar-refractivity contribution in [2.24, 2.45) is 17.8 Å². The number of benzene rings is 1. The summed E-state index contributed by atoms with van der Waals surface area (Å²) in [7, 11) is 2.07. The third-order valence-corrected chi connectivity index (χ3v) is 5.51. The van der Waals surface area contributed by atoms with E-state index in [1.807, 2.05) is 6.07 Å². The molecule has 1 aliphatic rings. The maximum absolute atomic E-state index is 6.09. The van der Waals surface area contributed by atoms with Crippen LogP contribution >= 0.6 is 27.5 Å². The molecule has 1 fully saturated rings. The van der Waals surface area contributed by atoms with E-state index in [9.17, 15) is 0 Å². The van der Waals surface area contributed by atoms with E-state index >= 15 is 0 Å². The summed E-state index contributed by atoms with van der Waals surface area (Å²) in [5.74, 6) is 2.39. The van der Waals surface area contributed by atoms with Gasteiger partial charge < -0.3 is 5.32 Å². The topological polar surface area (TPSA) is 12.0 Å². The van der Waals surface area contributed by atoms with Crippen LogP contribution in [0.2, 0.25) is 5.02 Å².